The maximum Gasteiger partial charge on any atom is 0.127 e. The highest BCUT2D eigenvalue weighted by Crippen LogP contribution is 2.34. The molecule has 0 spiro atoms. The average molecular weight is 299 g/mol. The van der Waals surface area contributed by atoms with Crippen molar-refractivity contribution in [2.45, 2.75) is 44.2 Å². The Morgan fingerprint density at radius 1 is 1.29 bits per heavy atom. The second-order valence-corrected chi connectivity index (χ2v) is 5.81. The molecule has 3 heterocycles. The van der Waals surface area contributed by atoms with Gasteiger partial charge in [-0.05, 0) is 61.1 Å². The van der Waals surface area contributed by atoms with E-state index in [2.05, 4.69) is 25.8 Å². The van der Waals surface area contributed by atoms with Gasteiger partial charge in [0.15, 0.2) is 0 Å². The van der Waals surface area contributed by atoms with Crippen molar-refractivity contribution in [2.24, 2.45) is 5.73 Å². The van der Waals surface area contributed by atoms with E-state index in [1.807, 2.05) is 0 Å². The molecule has 1 unspecified atom stereocenters. The molecular formula is C12H19BrN4. The maximum absolute atomic E-state index is 6.25. The minimum absolute atomic E-state index is 0.127. The van der Waals surface area contributed by atoms with E-state index in [1.54, 1.807) is 0 Å². The zero-order valence-corrected chi connectivity index (χ0v) is 11.5. The van der Waals surface area contributed by atoms with Crippen molar-refractivity contribution in [3.05, 3.63) is 16.1 Å². The van der Waals surface area contributed by atoms with Crippen molar-refractivity contribution in [3.8, 4) is 0 Å². The first-order valence-electron chi connectivity index (χ1n) is 6.50. The molecule has 2 aliphatic rings. The number of hydrogen-bond donors (Lipinski definition) is 2. The van der Waals surface area contributed by atoms with E-state index in [4.69, 9.17) is 10.7 Å². The third-order valence-corrected chi connectivity index (χ3v) is 4.57. The van der Waals surface area contributed by atoms with E-state index in [-0.39, 0.29) is 6.17 Å². The Morgan fingerprint density at radius 3 is 2.82 bits per heavy atom. The van der Waals surface area contributed by atoms with Gasteiger partial charge in [-0.2, -0.15) is 0 Å². The summed E-state index contributed by atoms with van der Waals surface area (Å²) in [4.78, 5) is 4.74. The van der Waals surface area contributed by atoms with Crippen LogP contribution in [0.5, 0.6) is 0 Å². The van der Waals surface area contributed by atoms with Gasteiger partial charge in [-0.25, -0.2) is 4.98 Å². The fraction of sp³-hybridized carbons (Fsp3) is 0.750. The van der Waals surface area contributed by atoms with Crippen LogP contribution in [0.3, 0.4) is 0 Å². The van der Waals surface area contributed by atoms with Crippen molar-refractivity contribution in [1.29, 1.82) is 0 Å². The maximum atomic E-state index is 6.25. The van der Waals surface area contributed by atoms with Gasteiger partial charge in [0.05, 0.1) is 11.9 Å². The SMILES string of the molecule is NC1CCCc2c(Br)nc(C3CCNCC3)n21. The molecule has 0 saturated carbocycles. The van der Waals surface area contributed by atoms with Crippen LogP contribution < -0.4 is 11.1 Å². The summed E-state index contributed by atoms with van der Waals surface area (Å²) in [6.45, 7) is 2.19. The molecule has 0 amide bonds. The van der Waals surface area contributed by atoms with Crippen LogP contribution in [0, 0.1) is 0 Å². The third-order valence-electron chi connectivity index (χ3n) is 3.94. The minimum atomic E-state index is 0.127. The zero-order valence-electron chi connectivity index (χ0n) is 9.95. The first kappa shape index (κ1) is 11.7. The van der Waals surface area contributed by atoms with Crippen LogP contribution in [-0.2, 0) is 6.42 Å². The summed E-state index contributed by atoms with van der Waals surface area (Å²) in [5, 5.41) is 3.40. The van der Waals surface area contributed by atoms with E-state index < -0.39 is 0 Å². The number of aromatic nitrogens is 2. The fourth-order valence-electron chi connectivity index (χ4n) is 3.03. The second-order valence-electron chi connectivity index (χ2n) is 5.06. The predicted molar refractivity (Wildman–Crippen MR) is 70.9 cm³/mol. The third kappa shape index (κ3) is 2.04. The van der Waals surface area contributed by atoms with E-state index in [1.165, 1.54) is 30.8 Å². The van der Waals surface area contributed by atoms with Crippen LogP contribution in [0.25, 0.3) is 0 Å². The number of nitrogens with zero attached hydrogens (tertiary/aromatic N) is 2. The molecule has 1 aromatic heterocycles. The second kappa shape index (κ2) is 4.71. The molecule has 3 rings (SSSR count). The Bertz CT molecular complexity index is 409. The summed E-state index contributed by atoms with van der Waals surface area (Å²) in [5.41, 5.74) is 7.56. The Kier molecular flexibility index (Phi) is 3.23. The van der Waals surface area contributed by atoms with Crippen molar-refractivity contribution < 1.29 is 0 Å². The molecule has 1 fully saturated rings. The topological polar surface area (TPSA) is 55.9 Å². The van der Waals surface area contributed by atoms with Crippen LogP contribution in [0.2, 0.25) is 0 Å². The number of imidazole rings is 1. The monoisotopic (exact) mass is 298 g/mol. The van der Waals surface area contributed by atoms with Crippen LogP contribution in [0.1, 0.15) is 49.3 Å². The summed E-state index contributed by atoms with van der Waals surface area (Å²) < 4.78 is 3.31. The lowest BCUT2D eigenvalue weighted by Gasteiger charge is -2.28. The van der Waals surface area contributed by atoms with Crippen molar-refractivity contribution in [1.82, 2.24) is 14.9 Å². The molecule has 3 N–H and O–H groups in total. The van der Waals surface area contributed by atoms with Gasteiger partial charge in [-0.1, -0.05) is 0 Å². The smallest absolute Gasteiger partial charge is 0.127 e. The number of nitrogens with one attached hydrogen (secondary N) is 1. The summed E-state index contributed by atoms with van der Waals surface area (Å²) in [7, 11) is 0. The molecule has 0 aliphatic carbocycles. The van der Waals surface area contributed by atoms with Crippen LogP contribution in [-0.4, -0.2) is 22.6 Å². The quantitative estimate of drug-likeness (QED) is 0.833. The predicted octanol–water partition coefficient (Wildman–Crippen LogP) is 1.91. The number of nitrogens with two attached hydrogens (primary N) is 1. The number of piperidine rings is 1. The van der Waals surface area contributed by atoms with Gasteiger partial charge in [0.1, 0.15) is 10.4 Å². The van der Waals surface area contributed by atoms with Crippen LogP contribution >= 0.6 is 15.9 Å². The summed E-state index contributed by atoms with van der Waals surface area (Å²) in [6.07, 6.45) is 5.84. The zero-order chi connectivity index (χ0) is 11.8. The highest BCUT2D eigenvalue weighted by Gasteiger charge is 2.28. The molecule has 0 bridgehead atoms. The van der Waals surface area contributed by atoms with E-state index in [0.717, 1.165) is 30.5 Å². The summed E-state index contributed by atoms with van der Waals surface area (Å²) in [6, 6.07) is 0. The van der Waals surface area contributed by atoms with Gasteiger partial charge in [-0.15, -0.1) is 0 Å². The highest BCUT2D eigenvalue weighted by atomic mass is 79.9. The molecule has 1 aromatic rings. The normalized spacial score (nSPS) is 25.9. The molecule has 4 nitrogen and oxygen atoms in total. The fourth-order valence-corrected chi connectivity index (χ4v) is 3.60. The molecule has 0 aromatic carbocycles. The molecule has 1 saturated heterocycles. The van der Waals surface area contributed by atoms with Crippen molar-refractivity contribution in [3.63, 3.8) is 0 Å². The number of hydrogen-bond acceptors (Lipinski definition) is 3. The number of halogens is 1. The first-order valence-corrected chi connectivity index (χ1v) is 7.29. The van der Waals surface area contributed by atoms with Crippen molar-refractivity contribution in [2.75, 3.05) is 13.1 Å². The van der Waals surface area contributed by atoms with Crippen molar-refractivity contribution >= 4 is 15.9 Å². The molecule has 17 heavy (non-hydrogen) atoms. The first-order chi connectivity index (χ1) is 8.27. The summed E-state index contributed by atoms with van der Waals surface area (Å²) >= 11 is 3.59. The lowest BCUT2D eigenvalue weighted by Crippen LogP contribution is -2.31. The Labute approximate surface area is 110 Å². The summed E-state index contributed by atoms with van der Waals surface area (Å²) in [5.74, 6) is 1.78. The van der Waals surface area contributed by atoms with Gasteiger partial charge in [0.2, 0.25) is 0 Å². The Balaban J connectivity index is 1.98. The Morgan fingerprint density at radius 2 is 2.06 bits per heavy atom. The largest absolute Gasteiger partial charge is 0.317 e. The van der Waals surface area contributed by atoms with Gasteiger partial charge in [-0.3, -0.25) is 0 Å². The molecular weight excluding hydrogens is 280 g/mol. The van der Waals surface area contributed by atoms with E-state index in [9.17, 15) is 0 Å². The van der Waals surface area contributed by atoms with E-state index in [0.29, 0.717) is 5.92 Å². The van der Waals surface area contributed by atoms with Gasteiger partial charge in [0.25, 0.3) is 0 Å². The Hall–Kier alpha value is -0.390. The molecule has 0 radical (unpaired) electrons. The number of fused-ring (bicyclic) bond motifs is 1. The van der Waals surface area contributed by atoms with Crippen LogP contribution in [0.15, 0.2) is 4.60 Å². The highest BCUT2D eigenvalue weighted by molar-refractivity contribution is 9.10. The molecule has 94 valence electrons. The van der Waals surface area contributed by atoms with E-state index >= 15 is 0 Å². The lowest BCUT2D eigenvalue weighted by molar-refractivity contribution is 0.367. The molecule has 1 atom stereocenters. The van der Waals surface area contributed by atoms with Crippen LogP contribution in [0.4, 0.5) is 0 Å². The van der Waals surface area contributed by atoms with Gasteiger partial charge < -0.3 is 15.6 Å². The van der Waals surface area contributed by atoms with Gasteiger partial charge >= 0.3 is 0 Å². The molecule has 2 aliphatic heterocycles. The number of rotatable bonds is 1. The molecule has 5 heteroatoms. The average Bonchev–Trinajstić information content (AvgIpc) is 2.70. The minimum Gasteiger partial charge on any atom is -0.317 e. The van der Waals surface area contributed by atoms with Gasteiger partial charge in [0, 0.05) is 5.92 Å². The standard InChI is InChI=1S/C12H19BrN4/c13-11-9-2-1-3-10(14)17(9)12(16-11)8-4-6-15-7-5-8/h8,10,15H,1-7,14H2. The lowest BCUT2D eigenvalue weighted by atomic mass is 9.96.